The van der Waals surface area contributed by atoms with E-state index in [1.807, 2.05) is 19.1 Å². The van der Waals surface area contributed by atoms with Crippen LogP contribution >= 0.6 is 11.6 Å². The highest BCUT2D eigenvalue weighted by atomic mass is 35.5. The Morgan fingerprint density at radius 2 is 2.38 bits per heavy atom. The Balaban J connectivity index is 2.51. The van der Waals surface area contributed by atoms with Crippen molar-refractivity contribution in [1.29, 1.82) is 0 Å². The first-order valence-corrected chi connectivity index (χ1v) is 4.54. The molecule has 2 nitrogen and oxygen atoms in total. The van der Waals surface area contributed by atoms with E-state index in [9.17, 15) is 4.79 Å². The van der Waals surface area contributed by atoms with Crippen molar-refractivity contribution in [3.05, 3.63) is 29.3 Å². The molecule has 0 N–H and O–H groups in total. The van der Waals surface area contributed by atoms with Gasteiger partial charge in [0.1, 0.15) is 11.9 Å². The van der Waals surface area contributed by atoms with Gasteiger partial charge in [0.25, 0.3) is 5.24 Å². The van der Waals surface area contributed by atoms with Crippen molar-refractivity contribution in [3.63, 3.8) is 0 Å². The highest BCUT2D eigenvalue weighted by Crippen LogP contribution is 2.32. The molecule has 0 radical (unpaired) electrons. The fourth-order valence-corrected chi connectivity index (χ4v) is 1.74. The predicted octanol–water partition coefficient (Wildman–Crippen LogP) is 2.39. The Hall–Kier alpha value is -1.02. The monoisotopic (exact) mass is 196 g/mol. The summed E-state index contributed by atoms with van der Waals surface area (Å²) in [6.45, 7) is 1.97. The first-order chi connectivity index (χ1) is 6.18. The third-order valence-corrected chi connectivity index (χ3v) is 2.34. The summed E-state index contributed by atoms with van der Waals surface area (Å²) in [5.74, 6) is 0.662. The van der Waals surface area contributed by atoms with Crippen LogP contribution in [-0.2, 0) is 6.42 Å². The van der Waals surface area contributed by atoms with Gasteiger partial charge in [-0.25, -0.2) is 0 Å². The summed E-state index contributed by atoms with van der Waals surface area (Å²) >= 11 is 5.42. The lowest BCUT2D eigenvalue weighted by Crippen LogP contribution is -2.06. The van der Waals surface area contributed by atoms with Gasteiger partial charge in [0.2, 0.25) is 0 Å². The molecule has 0 aliphatic carbocycles. The zero-order chi connectivity index (χ0) is 9.42. The van der Waals surface area contributed by atoms with Crippen LogP contribution in [0.3, 0.4) is 0 Å². The second-order valence-electron chi connectivity index (χ2n) is 3.20. The molecule has 1 aliphatic heterocycles. The number of halogens is 1. The van der Waals surface area contributed by atoms with Crippen LogP contribution in [0.15, 0.2) is 18.2 Å². The topological polar surface area (TPSA) is 26.3 Å². The van der Waals surface area contributed by atoms with Crippen LogP contribution in [0.4, 0.5) is 0 Å². The molecule has 1 atom stereocenters. The fraction of sp³-hybridized carbons (Fsp3) is 0.300. The maximum absolute atomic E-state index is 11.0. The number of fused-ring (bicyclic) bond motifs is 1. The summed E-state index contributed by atoms with van der Waals surface area (Å²) in [6, 6.07) is 5.48. The third kappa shape index (κ3) is 1.42. The van der Waals surface area contributed by atoms with Crippen molar-refractivity contribution < 1.29 is 9.53 Å². The van der Waals surface area contributed by atoms with Gasteiger partial charge in [0.15, 0.2) is 0 Å². The molecule has 1 unspecified atom stereocenters. The average molecular weight is 197 g/mol. The standard InChI is InChI=1S/C10H9ClO2/c1-6-5-7-3-2-4-8(10(11)12)9(7)13-6/h2-4,6H,5H2,1H3. The van der Waals surface area contributed by atoms with E-state index in [0.717, 1.165) is 12.0 Å². The quantitative estimate of drug-likeness (QED) is 0.645. The molecule has 68 valence electrons. The minimum Gasteiger partial charge on any atom is -0.489 e. The number of rotatable bonds is 1. The minimum absolute atomic E-state index is 0.146. The van der Waals surface area contributed by atoms with Gasteiger partial charge in [-0.1, -0.05) is 12.1 Å². The highest BCUT2D eigenvalue weighted by Gasteiger charge is 2.23. The molecular weight excluding hydrogens is 188 g/mol. The van der Waals surface area contributed by atoms with Gasteiger partial charge in [0, 0.05) is 6.42 Å². The van der Waals surface area contributed by atoms with Crippen molar-refractivity contribution in [1.82, 2.24) is 0 Å². The Morgan fingerprint density at radius 3 is 3.08 bits per heavy atom. The Bertz CT molecular complexity index is 360. The lowest BCUT2D eigenvalue weighted by Gasteiger charge is -2.05. The number of hydrogen-bond acceptors (Lipinski definition) is 2. The number of para-hydroxylation sites is 1. The largest absolute Gasteiger partial charge is 0.489 e. The molecule has 3 heteroatoms. The van der Waals surface area contributed by atoms with Crippen LogP contribution < -0.4 is 4.74 Å². The molecule has 0 bridgehead atoms. The average Bonchev–Trinajstić information content (AvgIpc) is 2.43. The van der Waals surface area contributed by atoms with E-state index in [0.29, 0.717) is 11.3 Å². The smallest absolute Gasteiger partial charge is 0.256 e. The van der Waals surface area contributed by atoms with E-state index < -0.39 is 5.24 Å². The molecule has 0 amide bonds. The van der Waals surface area contributed by atoms with Gasteiger partial charge in [-0.3, -0.25) is 4.79 Å². The van der Waals surface area contributed by atoms with E-state index in [4.69, 9.17) is 16.3 Å². The molecule has 13 heavy (non-hydrogen) atoms. The normalized spacial score (nSPS) is 19.4. The molecule has 2 rings (SSSR count). The number of benzene rings is 1. The second kappa shape index (κ2) is 3.04. The molecule has 0 saturated carbocycles. The number of carbonyl (C=O) groups is 1. The van der Waals surface area contributed by atoms with Crippen LogP contribution in [0.25, 0.3) is 0 Å². The Labute approximate surface area is 81.5 Å². The summed E-state index contributed by atoms with van der Waals surface area (Å²) in [5, 5.41) is -0.453. The number of ether oxygens (including phenoxy) is 1. The van der Waals surface area contributed by atoms with Crippen LogP contribution in [0.2, 0.25) is 0 Å². The van der Waals surface area contributed by atoms with Crippen molar-refractivity contribution in [3.8, 4) is 5.75 Å². The summed E-state index contributed by atoms with van der Waals surface area (Å²) in [6.07, 6.45) is 1.00. The molecule has 1 heterocycles. The van der Waals surface area contributed by atoms with Crippen molar-refractivity contribution >= 4 is 16.8 Å². The van der Waals surface area contributed by atoms with Crippen molar-refractivity contribution in [2.24, 2.45) is 0 Å². The Morgan fingerprint density at radius 1 is 1.62 bits per heavy atom. The molecule has 0 aromatic heterocycles. The number of hydrogen-bond donors (Lipinski definition) is 0. The summed E-state index contributed by atoms with van der Waals surface area (Å²) < 4.78 is 5.49. The summed E-state index contributed by atoms with van der Waals surface area (Å²) in [5.41, 5.74) is 1.54. The van der Waals surface area contributed by atoms with Gasteiger partial charge >= 0.3 is 0 Å². The van der Waals surface area contributed by atoms with Gasteiger partial charge < -0.3 is 4.74 Å². The zero-order valence-electron chi connectivity index (χ0n) is 7.21. The lowest BCUT2D eigenvalue weighted by molar-refractivity contribution is 0.107. The Kier molecular flexibility index (Phi) is 2.00. The molecule has 1 aromatic rings. The van der Waals surface area contributed by atoms with Crippen LogP contribution in [-0.4, -0.2) is 11.3 Å². The van der Waals surface area contributed by atoms with E-state index in [1.54, 1.807) is 6.07 Å². The maximum atomic E-state index is 11.0. The van der Waals surface area contributed by atoms with Crippen LogP contribution in [0.1, 0.15) is 22.8 Å². The first kappa shape index (κ1) is 8.57. The highest BCUT2D eigenvalue weighted by molar-refractivity contribution is 6.68. The number of carbonyl (C=O) groups excluding carboxylic acids is 1. The van der Waals surface area contributed by atoms with E-state index in [-0.39, 0.29) is 6.10 Å². The first-order valence-electron chi connectivity index (χ1n) is 4.17. The van der Waals surface area contributed by atoms with Crippen molar-refractivity contribution in [2.45, 2.75) is 19.4 Å². The molecule has 1 aromatic carbocycles. The van der Waals surface area contributed by atoms with E-state index in [1.165, 1.54) is 0 Å². The minimum atomic E-state index is -0.453. The van der Waals surface area contributed by atoms with Gasteiger partial charge in [-0.05, 0) is 30.2 Å². The molecular formula is C10H9ClO2. The predicted molar refractivity (Wildman–Crippen MR) is 50.4 cm³/mol. The van der Waals surface area contributed by atoms with Crippen molar-refractivity contribution in [2.75, 3.05) is 0 Å². The van der Waals surface area contributed by atoms with E-state index >= 15 is 0 Å². The maximum Gasteiger partial charge on any atom is 0.256 e. The van der Waals surface area contributed by atoms with Gasteiger partial charge in [-0.2, -0.15) is 0 Å². The SMILES string of the molecule is CC1Cc2cccc(C(=O)Cl)c2O1. The summed E-state index contributed by atoms with van der Waals surface area (Å²) in [4.78, 5) is 11.0. The molecule has 0 fully saturated rings. The van der Waals surface area contributed by atoms with Gasteiger partial charge in [-0.15, -0.1) is 0 Å². The molecule has 0 spiro atoms. The fourth-order valence-electron chi connectivity index (χ4n) is 1.59. The molecule has 1 aliphatic rings. The van der Waals surface area contributed by atoms with Crippen LogP contribution in [0, 0.1) is 0 Å². The zero-order valence-corrected chi connectivity index (χ0v) is 7.97. The lowest BCUT2D eigenvalue weighted by atomic mass is 10.1. The van der Waals surface area contributed by atoms with E-state index in [2.05, 4.69) is 0 Å². The van der Waals surface area contributed by atoms with Crippen LogP contribution in [0.5, 0.6) is 5.75 Å². The van der Waals surface area contributed by atoms with Gasteiger partial charge in [0.05, 0.1) is 5.56 Å². The molecule has 0 saturated heterocycles. The third-order valence-electron chi connectivity index (χ3n) is 2.13. The second-order valence-corrected chi connectivity index (χ2v) is 3.54. The summed E-state index contributed by atoms with van der Waals surface area (Å²) in [7, 11) is 0.